The van der Waals surface area contributed by atoms with Gasteiger partial charge in [-0.1, -0.05) is 12.1 Å². The van der Waals surface area contributed by atoms with Crippen molar-refractivity contribution in [3.8, 4) is 11.5 Å². The maximum absolute atomic E-state index is 5.46. The fourth-order valence-corrected chi connectivity index (χ4v) is 3.53. The van der Waals surface area contributed by atoms with Crippen molar-refractivity contribution in [3.63, 3.8) is 0 Å². The van der Waals surface area contributed by atoms with E-state index in [1.54, 1.807) is 14.2 Å². The zero-order valence-electron chi connectivity index (χ0n) is 16.6. The van der Waals surface area contributed by atoms with Crippen LogP contribution in [0.2, 0.25) is 0 Å². The van der Waals surface area contributed by atoms with Gasteiger partial charge in [0.25, 0.3) is 0 Å². The summed E-state index contributed by atoms with van der Waals surface area (Å²) in [6.07, 6.45) is 2.04. The van der Waals surface area contributed by atoms with Crippen LogP contribution in [-0.2, 0) is 7.05 Å². The van der Waals surface area contributed by atoms with Crippen molar-refractivity contribution in [1.82, 2.24) is 19.7 Å². The van der Waals surface area contributed by atoms with E-state index in [4.69, 9.17) is 9.47 Å². The van der Waals surface area contributed by atoms with E-state index in [1.165, 1.54) is 0 Å². The van der Waals surface area contributed by atoms with Gasteiger partial charge in [0.2, 0.25) is 0 Å². The van der Waals surface area contributed by atoms with Crippen molar-refractivity contribution in [2.75, 3.05) is 19.5 Å². The second-order valence-corrected chi connectivity index (χ2v) is 6.79. The molecule has 0 amide bonds. The molecule has 2 heterocycles. The van der Waals surface area contributed by atoms with Gasteiger partial charge in [0.1, 0.15) is 11.6 Å². The third kappa shape index (κ3) is 3.09. The summed E-state index contributed by atoms with van der Waals surface area (Å²) < 4.78 is 12.7. The van der Waals surface area contributed by atoms with Crippen LogP contribution in [0.1, 0.15) is 24.4 Å². The monoisotopic (exact) mass is 377 g/mol. The van der Waals surface area contributed by atoms with E-state index in [1.807, 2.05) is 49.1 Å². The third-order valence-electron chi connectivity index (χ3n) is 4.83. The standard InChI is InChI=1S/C21H23N5O2/c1-12(14-7-6-8-17-16(14)11-26(3)25-17)22-21-15-9-19(27-4)20(28-5)10-18(15)23-13(2)24-21/h6-12H,1-5H3,(H,22,23,24). The van der Waals surface area contributed by atoms with Crippen molar-refractivity contribution < 1.29 is 9.47 Å². The Bertz CT molecular complexity index is 1170. The van der Waals surface area contributed by atoms with E-state index < -0.39 is 0 Å². The molecule has 0 saturated heterocycles. The molecule has 0 spiro atoms. The lowest BCUT2D eigenvalue weighted by molar-refractivity contribution is 0.356. The summed E-state index contributed by atoms with van der Waals surface area (Å²) >= 11 is 0. The Labute approximate surface area is 163 Å². The number of hydrogen-bond donors (Lipinski definition) is 1. The number of aryl methyl sites for hydroxylation is 2. The number of anilines is 1. The molecule has 0 fully saturated rings. The summed E-state index contributed by atoms with van der Waals surface area (Å²) in [5.41, 5.74) is 2.94. The molecule has 0 radical (unpaired) electrons. The average Bonchev–Trinajstić information content (AvgIpc) is 3.06. The van der Waals surface area contributed by atoms with Crippen molar-refractivity contribution in [2.24, 2.45) is 7.05 Å². The lowest BCUT2D eigenvalue weighted by Crippen LogP contribution is -2.10. The summed E-state index contributed by atoms with van der Waals surface area (Å²) in [5.74, 6) is 2.74. The molecule has 0 aliphatic carbocycles. The number of fused-ring (bicyclic) bond motifs is 2. The van der Waals surface area contributed by atoms with E-state index in [-0.39, 0.29) is 6.04 Å². The highest BCUT2D eigenvalue weighted by molar-refractivity contribution is 5.92. The Morgan fingerprint density at radius 1 is 1.00 bits per heavy atom. The van der Waals surface area contributed by atoms with Gasteiger partial charge < -0.3 is 14.8 Å². The Balaban J connectivity index is 1.80. The van der Waals surface area contributed by atoms with Gasteiger partial charge >= 0.3 is 0 Å². The molecular formula is C21H23N5O2. The number of aromatic nitrogens is 4. The van der Waals surface area contributed by atoms with Crippen molar-refractivity contribution in [3.05, 3.63) is 47.9 Å². The second kappa shape index (κ2) is 6.99. The highest BCUT2D eigenvalue weighted by Crippen LogP contribution is 2.35. The third-order valence-corrected chi connectivity index (χ3v) is 4.83. The quantitative estimate of drug-likeness (QED) is 0.566. The molecule has 0 aliphatic rings. The van der Waals surface area contributed by atoms with E-state index in [2.05, 4.69) is 33.4 Å². The summed E-state index contributed by atoms with van der Waals surface area (Å²) in [4.78, 5) is 9.20. The van der Waals surface area contributed by atoms with Crippen LogP contribution in [-0.4, -0.2) is 34.0 Å². The molecule has 1 atom stereocenters. The maximum atomic E-state index is 5.46. The highest BCUT2D eigenvalue weighted by atomic mass is 16.5. The first kappa shape index (κ1) is 18.0. The van der Waals surface area contributed by atoms with Gasteiger partial charge in [-0.3, -0.25) is 4.68 Å². The average molecular weight is 377 g/mol. The highest BCUT2D eigenvalue weighted by Gasteiger charge is 2.16. The first-order chi connectivity index (χ1) is 13.5. The number of nitrogens with one attached hydrogen (secondary N) is 1. The van der Waals surface area contributed by atoms with Crippen LogP contribution in [0, 0.1) is 6.92 Å². The van der Waals surface area contributed by atoms with E-state index in [0.29, 0.717) is 17.3 Å². The zero-order chi connectivity index (χ0) is 19.8. The molecule has 0 bridgehead atoms. The van der Waals surface area contributed by atoms with Crippen LogP contribution in [0.25, 0.3) is 21.8 Å². The van der Waals surface area contributed by atoms with Crippen LogP contribution in [0.5, 0.6) is 11.5 Å². The molecule has 1 N–H and O–H groups in total. The maximum Gasteiger partial charge on any atom is 0.162 e. The second-order valence-electron chi connectivity index (χ2n) is 6.79. The van der Waals surface area contributed by atoms with Crippen LogP contribution in [0.3, 0.4) is 0 Å². The Kier molecular flexibility index (Phi) is 4.50. The predicted octanol–water partition coefficient (Wildman–Crippen LogP) is 4.02. The van der Waals surface area contributed by atoms with Crippen LogP contribution in [0.15, 0.2) is 36.5 Å². The summed E-state index contributed by atoms with van der Waals surface area (Å²) in [6, 6.07) is 9.97. The Hall–Kier alpha value is -3.35. The fraction of sp³-hybridized carbons (Fsp3) is 0.286. The fourth-order valence-electron chi connectivity index (χ4n) is 3.53. The Morgan fingerprint density at radius 2 is 1.75 bits per heavy atom. The number of ether oxygens (including phenoxy) is 2. The van der Waals surface area contributed by atoms with Gasteiger partial charge in [-0.25, -0.2) is 9.97 Å². The molecule has 0 aliphatic heterocycles. The molecule has 0 saturated carbocycles. The minimum atomic E-state index is 0.0264. The topological polar surface area (TPSA) is 74.1 Å². The molecule has 1 unspecified atom stereocenters. The number of methoxy groups -OCH3 is 2. The molecular weight excluding hydrogens is 354 g/mol. The lowest BCUT2D eigenvalue weighted by Gasteiger charge is -2.18. The van der Waals surface area contributed by atoms with Crippen molar-refractivity contribution in [2.45, 2.75) is 19.9 Å². The molecule has 28 heavy (non-hydrogen) atoms. The predicted molar refractivity (Wildman–Crippen MR) is 110 cm³/mol. The van der Waals surface area contributed by atoms with E-state index >= 15 is 0 Å². The van der Waals surface area contributed by atoms with E-state index in [0.717, 1.165) is 33.2 Å². The largest absolute Gasteiger partial charge is 0.493 e. The summed E-state index contributed by atoms with van der Waals surface area (Å²) in [7, 11) is 5.17. The lowest BCUT2D eigenvalue weighted by atomic mass is 10.0. The minimum absolute atomic E-state index is 0.0264. The van der Waals surface area contributed by atoms with E-state index in [9.17, 15) is 0 Å². The molecule has 4 aromatic rings. The number of rotatable bonds is 5. The summed E-state index contributed by atoms with van der Waals surface area (Å²) in [5, 5.41) is 10.1. The van der Waals surface area contributed by atoms with Gasteiger partial charge in [0, 0.05) is 30.1 Å². The first-order valence-corrected chi connectivity index (χ1v) is 9.09. The van der Waals surface area contributed by atoms with Gasteiger partial charge in [-0.2, -0.15) is 5.10 Å². The van der Waals surface area contributed by atoms with Crippen molar-refractivity contribution in [1.29, 1.82) is 0 Å². The number of benzene rings is 2. The molecule has 4 rings (SSSR count). The number of nitrogens with zero attached hydrogens (tertiary/aromatic N) is 4. The van der Waals surface area contributed by atoms with Crippen LogP contribution in [0.4, 0.5) is 5.82 Å². The number of hydrogen-bond acceptors (Lipinski definition) is 6. The normalized spacial score (nSPS) is 12.3. The van der Waals surface area contributed by atoms with Gasteiger partial charge in [-0.15, -0.1) is 0 Å². The first-order valence-electron chi connectivity index (χ1n) is 9.09. The molecule has 2 aromatic carbocycles. The zero-order valence-corrected chi connectivity index (χ0v) is 16.6. The van der Waals surface area contributed by atoms with Gasteiger partial charge in [0.05, 0.1) is 31.3 Å². The van der Waals surface area contributed by atoms with Gasteiger partial charge in [0.15, 0.2) is 11.5 Å². The van der Waals surface area contributed by atoms with Gasteiger partial charge in [-0.05, 0) is 31.5 Å². The SMILES string of the molecule is COc1cc2nc(C)nc(NC(C)c3cccc4nn(C)cc34)c2cc1OC. The smallest absolute Gasteiger partial charge is 0.162 e. The molecule has 7 nitrogen and oxygen atoms in total. The van der Waals surface area contributed by atoms with Crippen molar-refractivity contribution >= 4 is 27.6 Å². The molecule has 2 aromatic heterocycles. The molecule has 7 heteroatoms. The minimum Gasteiger partial charge on any atom is -0.493 e. The Morgan fingerprint density at radius 3 is 2.50 bits per heavy atom. The summed E-state index contributed by atoms with van der Waals surface area (Å²) in [6.45, 7) is 4.00. The van der Waals surface area contributed by atoms with Crippen LogP contribution >= 0.6 is 0 Å². The van der Waals surface area contributed by atoms with Crippen LogP contribution < -0.4 is 14.8 Å². The molecule has 144 valence electrons.